The Kier molecular flexibility index (Phi) is 3.03. The van der Waals surface area contributed by atoms with Gasteiger partial charge >= 0.3 is 0 Å². The minimum absolute atomic E-state index is 0.00644. The molecule has 1 fully saturated rings. The van der Waals surface area contributed by atoms with Crippen LogP contribution in [0.4, 0.5) is 0 Å². The molecule has 2 aromatic heterocycles. The Hall–Kier alpha value is -2.17. The Balaban J connectivity index is 1.86. The molecule has 19 heavy (non-hydrogen) atoms. The van der Waals surface area contributed by atoms with Crippen LogP contribution in [0, 0.1) is 0 Å². The lowest BCUT2D eigenvalue weighted by molar-refractivity contribution is 0.0729. The van der Waals surface area contributed by atoms with E-state index in [-0.39, 0.29) is 11.9 Å². The van der Waals surface area contributed by atoms with E-state index < -0.39 is 0 Å². The molecule has 2 aromatic rings. The van der Waals surface area contributed by atoms with Crippen molar-refractivity contribution in [1.29, 1.82) is 0 Å². The summed E-state index contributed by atoms with van der Waals surface area (Å²) in [7, 11) is 1.89. The number of likely N-dealkylation sites (tertiary alicyclic amines) is 1. The van der Waals surface area contributed by atoms with E-state index in [4.69, 9.17) is 0 Å². The van der Waals surface area contributed by atoms with Gasteiger partial charge in [-0.15, -0.1) is 0 Å². The SMILES string of the molecule is Cn1cc([C@@H]2CCCN2C(=O)c2ccccn2)cn1. The van der Waals surface area contributed by atoms with Crippen LogP contribution in [-0.2, 0) is 7.05 Å². The fourth-order valence-corrected chi connectivity index (χ4v) is 2.60. The number of amides is 1. The number of hydrogen-bond donors (Lipinski definition) is 0. The molecule has 0 aliphatic carbocycles. The third-order valence-corrected chi connectivity index (χ3v) is 3.51. The maximum atomic E-state index is 12.5. The molecule has 5 heteroatoms. The molecule has 1 aliphatic rings. The number of hydrogen-bond acceptors (Lipinski definition) is 3. The van der Waals surface area contributed by atoms with E-state index in [9.17, 15) is 4.79 Å². The minimum Gasteiger partial charge on any atom is -0.330 e. The van der Waals surface area contributed by atoms with Crippen LogP contribution >= 0.6 is 0 Å². The van der Waals surface area contributed by atoms with Crippen molar-refractivity contribution in [3.63, 3.8) is 0 Å². The number of aryl methyl sites for hydroxylation is 1. The second-order valence-corrected chi connectivity index (χ2v) is 4.82. The topological polar surface area (TPSA) is 51.0 Å². The Labute approximate surface area is 111 Å². The third-order valence-electron chi connectivity index (χ3n) is 3.51. The van der Waals surface area contributed by atoms with E-state index in [1.54, 1.807) is 16.9 Å². The molecule has 5 nitrogen and oxygen atoms in total. The van der Waals surface area contributed by atoms with Crippen LogP contribution in [0.5, 0.6) is 0 Å². The average molecular weight is 256 g/mol. The van der Waals surface area contributed by atoms with Gasteiger partial charge in [-0.2, -0.15) is 5.10 Å². The van der Waals surface area contributed by atoms with Gasteiger partial charge in [0.05, 0.1) is 12.2 Å². The molecule has 0 spiro atoms. The molecule has 3 rings (SSSR count). The summed E-state index contributed by atoms with van der Waals surface area (Å²) in [6.07, 6.45) is 7.49. The first-order chi connectivity index (χ1) is 9.25. The minimum atomic E-state index is 0.00644. The molecule has 1 saturated heterocycles. The normalized spacial score (nSPS) is 18.8. The monoisotopic (exact) mass is 256 g/mol. The number of carbonyl (C=O) groups is 1. The lowest BCUT2D eigenvalue weighted by atomic mass is 10.1. The highest BCUT2D eigenvalue weighted by atomic mass is 16.2. The van der Waals surface area contributed by atoms with Crippen LogP contribution in [0.1, 0.15) is 34.9 Å². The summed E-state index contributed by atoms with van der Waals surface area (Å²) in [6.45, 7) is 0.787. The van der Waals surface area contributed by atoms with Gasteiger partial charge in [-0.3, -0.25) is 14.5 Å². The number of carbonyl (C=O) groups excluding carboxylic acids is 1. The molecule has 0 N–H and O–H groups in total. The van der Waals surface area contributed by atoms with Gasteiger partial charge in [0.1, 0.15) is 5.69 Å². The Morgan fingerprint density at radius 3 is 3.00 bits per heavy atom. The van der Waals surface area contributed by atoms with E-state index >= 15 is 0 Å². The Bertz CT molecular complexity index is 578. The van der Waals surface area contributed by atoms with Crippen LogP contribution in [0.15, 0.2) is 36.8 Å². The van der Waals surface area contributed by atoms with Crippen molar-refractivity contribution in [2.45, 2.75) is 18.9 Å². The highest BCUT2D eigenvalue weighted by Gasteiger charge is 2.31. The number of nitrogens with zero attached hydrogens (tertiary/aromatic N) is 4. The second kappa shape index (κ2) is 4.84. The standard InChI is InChI=1S/C14H16N4O/c1-17-10-11(9-16-17)13-6-4-8-18(13)14(19)12-5-2-3-7-15-12/h2-3,5,7,9-10,13H,4,6,8H2,1H3/t13-/m0/s1. The van der Waals surface area contributed by atoms with E-state index in [0.29, 0.717) is 5.69 Å². The fraction of sp³-hybridized carbons (Fsp3) is 0.357. The molecule has 0 radical (unpaired) electrons. The zero-order valence-electron chi connectivity index (χ0n) is 10.9. The number of pyridine rings is 1. The summed E-state index contributed by atoms with van der Waals surface area (Å²) in [5, 5.41) is 4.19. The van der Waals surface area contributed by atoms with Gasteiger partial charge < -0.3 is 4.90 Å². The lowest BCUT2D eigenvalue weighted by Crippen LogP contribution is -2.31. The molecule has 3 heterocycles. The molecule has 0 bridgehead atoms. The maximum Gasteiger partial charge on any atom is 0.272 e. The van der Waals surface area contributed by atoms with Gasteiger partial charge in [-0.25, -0.2) is 0 Å². The predicted octanol–water partition coefficient (Wildman–Crippen LogP) is 1.79. The van der Waals surface area contributed by atoms with Gasteiger partial charge in [0.2, 0.25) is 0 Å². The number of aromatic nitrogens is 3. The largest absolute Gasteiger partial charge is 0.330 e. The van der Waals surface area contributed by atoms with Crippen LogP contribution in [0.25, 0.3) is 0 Å². The van der Waals surface area contributed by atoms with E-state index in [2.05, 4.69) is 10.1 Å². The molecular weight excluding hydrogens is 240 g/mol. The van der Waals surface area contributed by atoms with Crippen molar-refractivity contribution in [3.8, 4) is 0 Å². The van der Waals surface area contributed by atoms with Crippen LogP contribution in [0.2, 0.25) is 0 Å². The van der Waals surface area contributed by atoms with Gasteiger partial charge in [0, 0.05) is 31.5 Å². The van der Waals surface area contributed by atoms with Crippen molar-refractivity contribution >= 4 is 5.91 Å². The van der Waals surface area contributed by atoms with Crippen LogP contribution in [0.3, 0.4) is 0 Å². The van der Waals surface area contributed by atoms with Crippen LogP contribution in [-0.4, -0.2) is 32.1 Å². The maximum absolute atomic E-state index is 12.5. The van der Waals surface area contributed by atoms with Crippen molar-refractivity contribution < 1.29 is 4.79 Å². The molecule has 1 amide bonds. The zero-order chi connectivity index (χ0) is 13.2. The summed E-state index contributed by atoms with van der Waals surface area (Å²) in [6, 6.07) is 5.55. The highest BCUT2D eigenvalue weighted by Crippen LogP contribution is 2.32. The summed E-state index contributed by atoms with van der Waals surface area (Å²) in [5.74, 6) is 0.00644. The first kappa shape index (κ1) is 11.9. The Morgan fingerprint density at radius 2 is 2.32 bits per heavy atom. The lowest BCUT2D eigenvalue weighted by Gasteiger charge is -2.23. The smallest absolute Gasteiger partial charge is 0.272 e. The predicted molar refractivity (Wildman–Crippen MR) is 70.5 cm³/mol. The molecule has 1 aliphatic heterocycles. The fourth-order valence-electron chi connectivity index (χ4n) is 2.60. The van der Waals surface area contributed by atoms with E-state index in [1.165, 1.54) is 0 Å². The summed E-state index contributed by atoms with van der Waals surface area (Å²) in [5.41, 5.74) is 1.61. The summed E-state index contributed by atoms with van der Waals surface area (Å²) < 4.78 is 1.77. The molecule has 1 atom stereocenters. The van der Waals surface area contributed by atoms with Crippen molar-refractivity contribution in [2.75, 3.05) is 6.54 Å². The van der Waals surface area contributed by atoms with Crippen LogP contribution < -0.4 is 0 Å². The number of rotatable bonds is 2. The van der Waals surface area contributed by atoms with E-state index in [1.807, 2.05) is 36.5 Å². The van der Waals surface area contributed by atoms with Gasteiger partial charge in [0.15, 0.2) is 0 Å². The molecule has 98 valence electrons. The average Bonchev–Trinajstić information content (AvgIpc) is 3.07. The first-order valence-electron chi connectivity index (χ1n) is 6.46. The highest BCUT2D eigenvalue weighted by molar-refractivity contribution is 5.92. The summed E-state index contributed by atoms with van der Waals surface area (Å²) >= 11 is 0. The third kappa shape index (κ3) is 2.23. The van der Waals surface area contributed by atoms with Gasteiger partial charge in [-0.1, -0.05) is 6.07 Å². The Morgan fingerprint density at radius 1 is 1.42 bits per heavy atom. The van der Waals surface area contributed by atoms with E-state index in [0.717, 1.165) is 24.9 Å². The molecule has 0 unspecified atom stereocenters. The second-order valence-electron chi connectivity index (χ2n) is 4.82. The van der Waals surface area contributed by atoms with Gasteiger partial charge in [-0.05, 0) is 25.0 Å². The zero-order valence-corrected chi connectivity index (χ0v) is 10.9. The first-order valence-corrected chi connectivity index (χ1v) is 6.46. The molecule has 0 saturated carbocycles. The summed E-state index contributed by atoms with van der Waals surface area (Å²) in [4.78, 5) is 18.5. The van der Waals surface area contributed by atoms with Crippen molar-refractivity contribution in [2.24, 2.45) is 7.05 Å². The van der Waals surface area contributed by atoms with Crippen molar-refractivity contribution in [1.82, 2.24) is 19.7 Å². The van der Waals surface area contributed by atoms with Crippen molar-refractivity contribution in [3.05, 3.63) is 48.0 Å². The quantitative estimate of drug-likeness (QED) is 0.823. The molecule has 0 aromatic carbocycles. The van der Waals surface area contributed by atoms with Gasteiger partial charge in [0.25, 0.3) is 5.91 Å². The molecular formula is C14H16N4O.